The van der Waals surface area contributed by atoms with Gasteiger partial charge in [0.05, 0.1) is 19.8 Å². The van der Waals surface area contributed by atoms with Crippen LogP contribution in [-0.2, 0) is 9.47 Å². The maximum absolute atomic E-state index is 5.49. The van der Waals surface area contributed by atoms with Gasteiger partial charge in [0.15, 0.2) is 0 Å². The number of rotatable bonds is 7. The van der Waals surface area contributed by atoms with Crippen LogP contribution in [-0.4, -0.2) is 43.4 Å². The number of nitrogen functional groups attached to an aromatic ring is 1. The van der Waals surface area contributed by atoms with Crippen LogP contribution in [0.25, 0.3) is 0 Å². The van der Waals surface area contributed by atoms with Crippen LogP contribution in [0.3, 0.4) is 0 Å². The third-order valence-electron chi connectivity index (χ3n) is 1.64. The van der Waals surface area contributed by atoms with Crippen LogP contribution >= 0.6 is 0 Å². The Morgan fingerprint density at radius 2 is 2.27 bits per heavy atom. The molecular formula is C9H16N4O2. The minimum absolute atomic E-state index is 0.452. The summed E-state index contributed by atoms with van der Waals surface area (Å²) < 4.78 is 10.1. The van der Waals surface area contributed by atoms with Gasteiger partial charge in [0.2, 0.25) is 5.95 Å². The molecule has 0 aliphatic heterocycles. The normalized spacial score (nSPS) is 10.2. The summed E-state index contributed by atoms with van der Waals surface area (Å²) in [4.78, 5) is 7.97. The number of hydrogen-bond donors (Lipinski definition) is 2. The van der Waals surface area contributed by atoms with Gasteiger partial charge in [-0.05, 0) is 6.07 Å². The number of nitrogens with two attached hydrogens (primary N) is 1. The monoisotopic (exact) mass is 212 g/mol. The van der Waals surface area contributed by atoms with Crippen molar-refractivity contribution in [2.24, 2.45) is 0 Å². The standard InChI is InChI=1S/C9H16N4O2/c1-14-6-7-15-5-4-12-9-11-3-2-8(10)13-9/h2-3H,4-7H2,1H3,(H3,10,11,12,13). The van der Waals surface area contributed by atoms with E-state index >= 15 is 0 Å². The topological polar surface area (TPSA) is 82.3 Å². The van der Waals surface area contributed by atoms with Gasteiger partial charge in [-0.25, -0.2) is 4.98 Å². The molecule has 0 radical (unpaired) electrons. The molecule has 0 bridgehead atoms. The van der Waals surface area contributed by atoms with Gasteiger partial charge >= 0.3 is 0 Å². The van der Waals surface area contributed by atoms with E-state index in [1.807, 2.05) is 0 Å². The molecule has 0 aromatic carbocycles. The molecule has 0 amide bonds. The highest BCUT2D eigenvalue weighted by Gasteiger charge is 1.94. The Hall–Kier alpha value is -1.40. The van der Waals surface area contributed by atoms with Crippen LogP contribution < -0.4 is 11.1 Å². The number of methoxy groups -OCH3 is 1. The Kier molecular flexibility index (Phi) is 5.42. The zero-order valence-electron chi connectivity index (χ0n) is 8.77. The molecule has 1 rings (SSSR count). The first-order valence-electron chi connectivity index (χ1n) is 4.72. The molecule has 0 saturated carbocycles. The van der Waals surface area contributed by atoms with Crippen LogP contribution in [0.2, 0.25) is 0 Å². The average Bonchev–Trinajstić information content (AvgIpc) is 2.23. The summed E-state index contributed by atoms with van der Waals surface area (Å²) in [5.74, 6) is 0.971. The van der Waals surface area contributed by atoms with E-state index in [2.05, 4.69) is 15.3 Å². The molecule has 6 heteroatoms. The molecule has 0 aliphatic rings. The van der Waals surface area contributed by atoms with Crippen molar-refractivity contribution in [1.29, 1.82) is 0 Å². The van der Waals surface area contributed by atoms with Crippen molar-refractivity contribution >= 4 is 11.8 Å². The van der Waals surface area contributed by atoms with E-state index in [4.69, 9.17) is 15.2 Å². The third kappa shape index (κ3) is 5.14. The number of ether oxygens (including phenoxy) is 2. The molecule has 15 heavy (non-hydrogen) atoms. The summed E-state index contributed by atoms with van der Waals surface area (Å²) in [5, 5.41) is 2.99. The lowest BCUT2D eigenvalue weighted by Crippen LogP contribution is -2.13. The lowest BCUT2D eigenvalue weighted by Gasteiger charge is -2.05. The van der Waals surface area contributed by atoms with Gasteiger partial charge in [-0.2, -0.15) is 4.98 Å². The molecule has 0 atom stereocenters. The van der Waals surface area contributed by atoms with E-state index in [9.17, 15) is 0 Å². The molecule has 6 nitrogen and oxygen atoms in total. The number of nitrogens with one attached hydrogen (secondary N) is 1. The van der Waals surface area contributed by atoms with E-state index in [0.717, 1.165) is 0 Å². The molecule has 0 spiro atoms. The zero-order chi connectivity index (χ0) is 10.9. The Bertz CT molecular complexity index is 283. The highest BCUT2D eigenvalue weighted by atomic mass is 16.5. The summed E-state index contributed by atoms with van der Waals surface area (Å²) in [6.07, 6.45) is 1.61. The van der Waals surface area contributed by atoms with Gasteiger partial charge in [0.1, 0.15) is 5.82 Å². The van der Waals surface area contributed by atoms with Gasteiger partial charge in [0, 0.05) is 19.9 Å². The third-order valence-corrected chi connectivity index (χ3v) is 1.64. The van der Waals surface area contributed by atoms with E-state index in [1.54, 1.807) is 19.4 Å². The fourth-order valence-electron chi connectivity index (χ4n) is 0.937. The summed E-state index contributed by atoms with van der Waals surface area (Å²) in [7, 11) is 1.64. The maximum Gasteiger partial charge on any atom is 0.224 e. The van der Waals surface area contributed by atoms with Crippen molar-refractivity contribution < 1.29 is 9.47 Å². The van der Waals surface area contributed by atoms with Gasteiger partial charge in [-0.1, -0.05) is 0 Å². The first kappa shape index (κ1) is 11.7. The summed E-state index contributed by atoms with van der Waals surface area (Å²) in [6, 6.07) is 1.64. The molecule has 1 aromatic rings. The predicted molar refractivity (Wildman–Crippen MR) is 57.6 cm³/mol. The number of nitrogens with zero attached hydrogens (tertiary/aromatic N) is 2. The van der Waals surface area contributed by atoms with Crippen molar-refractivity contribution in [3.05, 3.63) is 12.3 Å². The van der Waals surface area contributed by atoms with Crippen LogP contribution in [0, 0.1) is 0 Å². The Labute approximate surface area is 88.8 Å². The first-order valence-corrected chi connectivity index (χ1v) is 4.72. The van der Waals surface area contributed by atoms with Gasteiger partial charge < -0.3 is 20.5 Å². The van der Waals surface area contributed by atoms with E-state index in [1.165, 1.54) is 0 Å². The highest BCUT2D eigenvalue weighted by Crippen LogP contribution is 1.99. The molecule has 1 heterocycles. The minimum atomic E-state index is 0.452. The first-order chi connectivity index (χ1) is 7.33. The molecular weight excluding hydrogens is 196 g/mol. The molecule has 0 saturated heterocycles. The van der Waals surface area contributed by atoms with Gasteiger partial charge in [0.25, 0.3) is 0 Å². The maximum atomic E-state index is 5.49. The SMILES string of the molecule is COCCOCCNc1nccc(N)n1. The summed E-state index contributed by atoms with van der Waals surface area (Å²) in [6.45, 7) is 2.43. The molecule has 0 aliphatic carbocycles. The second-order valence-electron chi connectivity index (χ2n) is 2.84. The minimum Gasteiger partial charge on any atom is -0.384 e. The Morgan fingerprint density at radius 3 is 3.00 bits per heavy atom. The van der Waals surface area contributed by atoms with Crippen LogP contribution in [0.4, 0.5) is 11.8 Å². The molecule has 0 unspecified atom stereocenters. The van der Waals surface area contributed by atoms with Crippen LogP contribution in [0.1, 0.15) is 0 Å². The smallest absolute Gasteiger partial charge is 0.224 e. The van der Waals surface area contributed by atoms with Gasteiger partial charge in [-0.15, -0.1) is 0 Å². The van der Waals surface area contributed by atoms with Crippen molar-refractivity contribution in [1.82, 2.24) is 9.97 Å². The quantitative estimate of drug-likeness (QED) is 0.625. The van der Waals surface area contributed by atoms with E-state index in [0.29, 0.717) is 38.1 Å². The fourth-order valence-corrected chi connectivity index (χ4v) is 0.937. The van der Waals surface area contributed by atoms with E-state index in [-0.39, 0.29) is 0 Å². The summed E-state index contributed by atoms with van der Waals surface area (Å²) >= 11 is 0. The largest absolute Gasteiger partial charge is 0.384 e. The molecule has 84 valence electrons. The second kappa shape index (κ2) is 6.97. The highest BCUT2D eigenvalue weighted by molar-refractivity contribution is 5.34. The average molecular weight is 212 g/mol. The number of aromatic nitrogens is 2. The van der Waals surface area contributed by atoms with Crippen molar-refractivity contribution in [3.8, 4) is 0 Å². The van der Waals surface area contributed by atoms with Crippen molar-refractivity contribution in [2.75, 3.05) is 44.5 Å². The van der Waals surface area contributed by atoms with Gasteiger partial charge in [-0.3, -0.25) is 0 Å². The molecule has 1 aromatic heterocycles. The Balaban J connectivity index is 2.10. The lowest BCUT2D eigenvalue weighted by atomic mass is 10.6. The predicted octanol–water partition coefficient (Wildman–Crippen LogP) is 0.134. The lowest BCUT2D eigenvalue weighted by molar-refractivity contribution is 0.0759. The molecule has 0 fully saturated rings. The molecule has 3 N–H and O–H groups in total. The summed E-state index contributed by atoms with van der Waals surface area (Å²) in [5.41, 5.74) is 5.49. The van der Waals surface area contributed by atoms with Crippen molar-refractivity contribution in [2.45, 2.75) is 0 Å². The van der Waals surface area contributed by atoms with E-state index < -0.39 is 0 Å². The Morgan fingerprint density at radius 1 is 1.40 bits per heavy atom. The second-order valence-corrected chi connectivity index (χ2v) is 2.84. The van der Waals surface area contributed by atoms with Crippen LogP contribution in [0.15, 0.2) is 12.3 Å². The fraction of sp³-hybridized carbons (Fsp3) is 0.556. The zero-order valence-corrected chi connectivity index (χ0v) is 8.77. The number of hydrogen-bond acceptors (Lipinski definition) is 6. The number of anilines is 2. The van der Waals surface area contributed by atoms with Crippen LogP contribution in [0.5, 0.6) is 0 Å². The van der Waals surface area contributed by atoms with Crippen molar-refractivity contribution in [3.63, 3.8) is 0 Å².